The lowest BCUT2D eigenvalue weighted by molar-refractivity contribution is 0.101. The molecule has 0 radical (unpaired) electrons. The Labute approximate surface area is 203 Å². The van der Waals surface area contributed by atoms with Gasteiger partial charge in [-0.3, -0.25) is 9.59 Å². The van der Waals surface area contributed by atoms with Gasteiger partial charge in [-0.2, -0.15) is 10.5 Å². The minimum absolute atomic E-state index is 0.329. The van der Waals surface area contributed by atoms with E-state index >= 15 is 0 Å². The molecule has 0 aliphatic rings. The Bertz CT molecular complexity index is 1350. The molecule has 6 heteroatoms. The molecule has 4 aromatic carbocycles. The molecule has 0 spiro atoms. The average Bonchev–Trinajstić information content (AvgIpc) is 2.90. The van der Waals surface area contributed by atoms with E-state index in [0.717, 1.165) is 11.1 Å². The first-order valence-electron chi connectivity index (χ1n) is 10.9. The molecule has 168 valence electrons. The Morgan fingerprint density at radius 1 is 0.571 bits per heavy atom. The van der Waals surface area contributed by atoms with Gasteiger partial charge in [0.1, 0.15) is 0 Å². The molecule has 0 saturated heterocycles. The fourth-order valence-electron chi connectivity index (χ4n) is 3.60. The molecule has 0 aromatic heterocycles. The van der Waals surface area contributed by atoms with Gasteiger partial charge in [0.25, 0.3) is 11.8 Å². The molecule has 4 aromatic rings. The monoisotopic (exact) mass is 456 g/mol. The summed E-state index contributed by atoms with van der Waals surface area (Å²) in [4.78, 5) is 25.0. The maximum Gasteiger partial charge on any atom is 0.257 e. The summed E-state index contributed by atoms with van der Waals surface area (Å²) in [5.74, 6) is -0.658. The quantitative estimate of drug-likeness (QED) is 0.398. The van der Waals surface area contributed by atoms with Crippen molar-refractivity contribution >= 4 is 23.2 Å². The predicted molar refractivity (Wildman–Crippen MR) is 134 cm³/mol. The molecule has 35 heavy (non-hydrogen) atoms. The van der Waals surface area contributed by atoms with Crippen LogP contribution in [0, 0.1) is 22.7 Å². The molecular weight excluding hydrogens is 436 g/mol. The number of hydrogen-bond donors (Lipinski definition) is 2. The minimum Gasteiger partial charge on any atom is -0.322 e. The number of carbonyl (C=O) groups is 2. The summed E-state index contributed by atoms with van der Waals surface area (Å²) in [5.41, 5.74) is 4.72. The predicted octanol–water partition coefficient (Wildman–Crippen LogP) is 5.53. The Balaban J connectivity index is 1.37. The SMILES string of the molecule is N#Cc1ccccc1C(=O)Nc1ccc(Cc2ccc(NC(=O)c3ccccc3C#N)cc2)cc1. The molecule has 6 nitrogen and oxygen atoms in total. The van der Waals surface area contributed by atoms with E-state index in [1.165, 1.54) is 0 Å². The van der Waals surface area contributed by atoms with Crippen molar-refractivity contribution in [3.8, 4) is 12.1 Å². The van der Waals surface area contributed by atoms with Crippen LogP contribution in [0.1, 0.15) is 43.0 Å². The zero-order valence-corrected chi connectivity index (χ0v) is 18.7. The highest BCUT2D eigenvalue weighted by atomic mass is 16.2. The molecule has 0 fully saturated rings. The first-order valence-corrected chi connectivity index (χ1v) is 10.9. The van der Waals surface area contributed by atoms with Crippen LogP contribution in [0.15, 0.2) is 97.1 Å². The smallest absolute Gasteiger partial charge is 0.257 e. The van der Waals surface area contributed by atoms with Gasteiger partial charge in [-0.15, -0.1) is 0 Å². The number of anilines is 2. The fraction of sp³-hybridized carbons (Fsp3) is 0.0345. The molecule has 0 saturated carbocycles. The lowest BCUT2D eigenvalue weighted by Gasteiger charge is -2.09. The highest BCUT2D eigenvalue weighted by molar-refractivity contribution is 6.06. The normalized spacial score (nSPS) is 10.0. The second-order valence-corrected chi connectivity index (χ2v) is 7.79. The molecule has 0 unspecified atom stereocenters. The number of benzene rings is 4. The van der Waals surface area contributed by atoms with E-state index in [2.05, 4.69) is 10.6 Å². The van der Waals surface area contributed by atoms with Gasteiger partial charge in [0.05, 0.1) is 34.4 Å². The summed E-state index contributed by atoms with van der Waals surface area (Å²) < 4.78 is 0. The van der Waals surface area contributed by atoms with Crippen LogP contribution in [0.2, 0.25) is 0 Å². The van der Waals surface area contributed by atoms with Gasteiger partial charge in [0.15, 0.2) is 0 Å². The number of amides is 2. The highest BCUT2D eigenvalue weighted by Gasteiger charge is 2.12. The van der Waals surface area contributed by atoms with Gasteiger partial charge in [-0.25, -0.2) is 0 Å². The first kappa shape index (κ1) is 23.0. The van der Waals surface area contributed by atoms with Crippen LogP contribution in [0.3, 0.4) is 0 Å². The Morgan fingerprint density at radius 2 is 0.943 bits per heavy atom. The maximum atomic E-state index is 12.5. The van der Waals surface area contributed by atoms with Crippen molar-refractivity contribution in [3.05, 3.63) is 130 Å². The maximum absolute atomic E-state index is 12.5. The number of nitriles is 2. The van der Waals surface area contributed by atoms with Crippen LogP contribution >= 0.6 is 0 Å². The molecule has 2 amide bonds. The van der Waals surface area contributed by atoms with Gasteiger partial charge in [0, 0.05) is 11.4 Å². The summed E-state index contributed by atoms with van der Waals surface area (Å²) in [7, 11) is 0. The number of rotatable bonds is 6. The van der Waals surface area contributed by atoms with Gasteiger partial charge in [-0.1, -0.05) is 48.5 Å². The van der Waals surface area contributed by atoms with Crippen LogP contribution in [-0.4, -0.2) is 11.8 Å². The van der Waals surface area contributed by atoms with Crippen LogP contribution in [0.4, 0.5) is 11.4 Å². The van der Waals surface area contributed by atoms with Crippen molar-refractivity contribution in [3.63, 3.8) is 0 Å². The Hall–Kier alpha value is -5.20. The molecule has 0 atom stereocenters. The summed E-state index contributed by atoms with van der Waals surface area (Å²) in [6.45, 7) is 0. The van der Waals surface area contributed by atoms with Crippen molar-refractivity contribution in [1.82, 2.24) is 0 Å². The molecule has 0 bridgehead atoms. The summed E-state index contributed by atoms with van der Waals surface area (Å²) in [6.07, 6.45) is 0.678. The Kier molecular flexibility index (Phi) is 6.97. The van der Waals surface area contributed by atoms with Crippen molar-refractivity contribution in [1.29, 1.82) is 10.5 Å². The summed E-state index contributed by atoms with van der Waals surface area (Å²) in [6, 6.07) is 32.4. The molecule has 0 aliphatic carbocycles. The topological polar surface area (TPSA) is 106 Å². The molecule has 2 N–H and O–H groups in total. The highest BCUT2D eigenvalue weighted by Crippen LogP contribution is 2.18. The minimum atomic E-state index is -0.329. The van der Waals surface area contributed by atoms with Gasteiger partial charge in [-0.05, 0) is 66.1 Å². The first-order chi connectivity index (χ1) is 17.1. The van der Waals surface area contributed by atoms with Crippen LogP contribution in [0.5, 0.6) is 0 Å². The van der Waals surface area contributed by atoms with Crippen molar-refractivity contribution in [2.24, 2.45) is 0 Å². The van der Waals surface area contributed by atoms with Gasteiger partial charge >= 0.3 is 0 Å². The van der Waals surface area contributed by atoms with E-state index in [1.807, 2.05) is 60.7 Å². The van der Waals surface area contributed by atoms with Crippen LogP contribution < -0.4 is 10.6 Å². The standard InChI is InChI=1S/C29H20N4O2/c30-18-22-5-1-3-7-26(22)28(34)32-24-13-9-20(10-14-24)17-21-11-15-25(16-12-21)33-29(35)27-8-4-2-6-23(27)19-31/h1-16H,17H2,(H,32,34)(H,33,35). The third kappa shape index (κ3) is 5.60. The molecule has 0 heterocycles. The third-order valence-corrected chi connectivity index (χ3v) is 5.42. The van der Waals surface area contributed by atoms with E-state index in [1.54, 1.807) is 48.5 Å². The number of nitrogens with one attached hydrogen (secondary N) is 2. The Morgan fingerprint density at radius 3 is 1.31 bits per heavy atom. The van der Waals surface area contributed by atoms with Crippen LogP contribution in [-0.2, 0) is 6.42 Å². The van der Waals surface area contributed by atoms with E-state index in [-0.39, 0.29) is 11.8 Å². The van der Waals surface area contributed by atoms with Crippen LogP contribution in [0.25, 0.3) is 0 Å². The van der Waals surface area contributed by atoms with Gasteiger partial charge < -0.3 is 10.6 Å². The number of hydrogen-bond acceptors (Lipinski definition) is 4. The number of nitrogens with zero attached hydrogens (tertiary/aromatic N) is 2. The van der Waals surface area contributed by atoms with Crippen molar-refractivity contribution < 1.29 is 9.59 Å². The third-order valence-electron chi connectivity index (χ3n) is 5.42. The zero-order chi connectivity index (χ0) is 24.6. The summed E-state index contributed by atoms with van der Waals surface area (Å²) in [5, 5.41) is 24.0. The van der Waals surface area contributed by atoms with Crippen molar-refractivity contribution in [2.45, 2.75) is 6.42 Å². The van der Waals surface area contributed by atoms with E-state index in [0.29, 0.717) is 40.0 Å². The van der Waals surface area contributed by atoms with E-state index < -0.39 is 0 Å². The second kappa shape index (κ2) is 10.6. The fourth-order valence-corrected chi connectivity index (χ4v) is 3.60. The molecular formula is C29H20N4O2. The summed E-state index contributed by atoms with van der Waals surface area (Å²) >= 11 is 0. The van der Waals surface area contributed by atoms with E-state index in [4.69, 9.17) is 0 Å². The molecule has 0 aliphatic heterocycles. The average molecular weight is 457 g/mol. The van der Waals surface area contributed by atoms with Crippen molar-refractivity contribution in [2.75, 3.05) is 10.6 Å². The zero-order valence-electron chi connectivity index (χ0n) is 18.7. The lowest BCUT2D eigenvalue weighted by Crippen LogP contribution is -2.13. The second-order valence-electron chi connectivity index (χ2n) is 7.79. The lowest BCUT2D eigenvalue weighted by atomic mass is 10.0. The van der Waals surface area contributed by atoms with Gasteiger partial charge in [0.2, 0.25) is 0 Å². The van der Waals surface area contributed by atoms with E-state index in [9.17, 15) is 20.1 Å². The largest absolute Gasteiger partial charge is 0.322 e. The number of carbonyl (C=O) groups excluding carboxylic acids is 2. The molecule has 4 rings (SSSR count).